The summed E-state index contributed by atoms with van der Waals surface area (Å²) in [6, 6.07) is 12.9. The molecular formula is C24H30ClN5OS. The predicted octanol–water partition coefficient (Wildman–Crippen LogP) is 4.18. The third kappa shape index (κ3) is 5.41. The minimum absolute atomic E-state index is 0.330. The molecule has 2 aromatic heterocycles. The molecule has 5 rings (SSSR count). The molecule has 3 aromatic rings. The van der Waals surface area contributed by atoms with Gasteiger partial charge in [0, 0.05) is 31.1 Å². The molecule has 2 fully saturated rings. The maximum Gasteiger partial charge on any atom is 0.225 e. The third-order valence-corrected chi connectivity index (χ3v) is 7.58. The second-order valence-electron chi connectivity index (χ2n) is 8.68. The average Bonchev–Trinajstić information content (AvgIpc) is 3.23. The van der Waals surface area contributed by atoms with Gasteiger partial charge in [0.25, 0.3) is 0 Å². The molecule has 0 saturated carbocycles. The van der Waals surface area contributed by atoms with Crippen LogP contribution in [-0.2, 0) is 17.8 Å². The molecular weight excluding hydrogens is 442 g/mol. The number of aromatic nitrogens is 2. The Morgan fingerprint density at radius 3 is 2.62 bits per heavy atom. The van der Waals surface area contributed by atoms with E-state index in [1.165, 1.54) is 23.3 Å². The van der Waals surface area contributed by atoms with E-state index in [4.69, 9.17) is 16.3 Å². The Bertz CT molecular complexity index is 1020. The van der Waals surface area contributed by atoms with Gasteiger partial charge in [0.05, 0.1) is 18.6 Å². The molecule has 4 heterocycles. The summed E-state index contributed by atoms with van der Waals surface area (Å²) in [6.45, 7) is 8.48. The van der Waals surface area contributed by atoms with Gasteiger partial charge in [-0.15, -0.1) is 11.3 Å². The van der Waals surface area contributed by atoms with Gasteiger partial charge in [0.15, 0.2) is 0 Å². The van der Waals surface area contributed by atoms with Gasteiger partial charge in [-0.25, -0.2) is 4.98 Å². The van der Waals surface area contributed by atoms with E-state index in [-0.39, 0.29) is 0 Å². The molecule has 8 heteroatoms. The minimum Gasteiger partial charge on any atom is -0.378 e. The second kappa shape index (κ2) is 10.4. The van der Waals surface area contributed by atoms with Gasteiger partial charge >= 0.3 is 0 Å². The van der Waals surface area contributed by atoms with Crippen LogP contribution in [0.4, 0.5) is 5.82 Å². The van der Waals surface area contributed by atoms with Gasteiger partial charge in [0.2, 0.25) is 5.28 Å². The zero-order chi connectivity index (χ0) is 21.8. The molecule has 6 nitrogen and oxygen atoms in total. The van der Waals surface area contributed by atoms with Gasteiger partial charge in [-0.3, -0.25) is 4.90 Å². The quantitative estimate of drug-likeness (QED) is 0.521. The van der Waals surface area contributed by atoms with Crippen LogP contribution in [-0.4, -0.2) is 60.8 Å². The second-order valence-corrected chi connectivity index (χ2v) is 10.1. The van der Waals surface area contributed by atoms with E-state index >= 15 is 0 Å². The van der Waals surface area contributed by atoms with Crippen molar-refractivity contribution >= 4 is 39.0 Å². The van der Waals surface area contributed by atoms with Crippen molar-refractivity contribution < 1.29 is 4.74 Å². The highest BCUT2D eigenvalue weighted by atomic mass is 35.5. The van der Waals surface area contributed by atoms with Gasteiger partial charge in [-0.1, -0.05) is 30.3 Å². The minimum atomic E-state index is 0.330. The fourth-order valence-corrected chi connectivity index (χ4v) is 5.89. The number of benzene rings is 1. The first kappa shape index (κ1) is 22.0. The SMILES string of the molecule is Clc1nc(N2CCOCC2)c2cc(CN3CCC(CNCc4ccccc4)CC3)sc2n1. The third-order valence-electron chi connectivity index (χ3n) is 6.40. The van der Waals surface area contributed by atoms with Crippen molar-refractivity contribution in [3.05, 3.63) is 52.1 Å². The number of halogens is 1. The van der Waals surface area contributed by atoms with Gasteiger partial charge in [-0.2, -0.15) is 4.98 Å². The number of thiophene rings is 1. The zero-order valence-corrected chi connectivity index (χ0v) is 19.9. The Morgan fingerprint density at radius 2 is 1.84 bits per heavy atom. The molecule has 0 radical (unpaired) electrons. The Kier molecular flexibility index (Phi) is 7.19. The molecule has 0 bridgehead atoms. The number of ether oxygens (including phenoxy) is 1. The van der Waals surface area contributed by atoms with E-state index < -0.39 is 0 Å². The molecule has 2 aliphatic heterocycles. The van der Waals surface area contributed by atoms with Crippen molar-refractivity contribution in [2.24, 2.45) is 5.92 Å². The van der Waals surface area contributed by atoms with E-state index in [0.29, 0.717) is 5.28 Å². The van der Waals surface area contributed by atoms with Crippen molar-refractivity contribution in [2.75, 3.05) is 50.8 Å². The average molecular weight is 472 g/mol. The lowest BCUT2D eigenvalue weighted by Gasteiger charge is -2.31. The first-order valence-electron chi connectivity index (χ1n) is 11.5. The lowest BCUT2D eigenvalue weighted by molar-refractivity contribution is 0.122. The molecule has 2 aliphatic rings. The normalized spacial score (nSPS) is 18.5. The van der Waals surface area contributed by atoms with Gasteiger partial charge < -0.3 is 15.0 Å². The maximum atomic E-state index is 6.25. The van der Waals surface area contributed by atoms with E-state index in [1.54, 1.807) is 11.3 Å². The van der Waals surface area contributed by atoms with Crippen LogP contribution >= 0.6 is 22.9 Å². The Balaban J connectivity index is 1.16. The molecule has 32 heavy (non-hydrogen) atoms. The zero-order valence-electron chi connectivity index (χ0n) is 18.3. The summed E-state index contributed by atoms with van der Waals surface area (Å²) in [5.41, 5.74) is 1.36. The number of nitrogens with one attached hydrogen (secondary N) is 1. The fraction of sp³-hybridized carbons (Fsp3) is 0.500. The van der Waals surface area contributed by atoms with Crippen LogP contribution in [0, 0.1) is 5.92 Å². The monoisotopic (exact) mass is 471 g/mol. The number of hydrogen-bond acceptors (Lipinski definition) is 7. The number of hydrogen-bond donors (Lipinski definition) is 1. The Hall–Kier alpha value is -1.77. The number of fused-ring (bicyclic) bond motifs is 1. The van der Waals surface area contributed by atoms with E-state index in [0.717, 1.165) is 81.0 Å². The van der Waals surface area contributed by atoms with Crippen LogP contribution in [0.15, 0.2) is 36.4 Å². The highest BCUT2D eigenvalue weighted by Crippen LogP contribution is 2.33. The van der Waals surface area contributed by atoms with Crippen LogP contribution in [0.5, 0.6) is 0 Å². The molecule has 0 spiro atoms. The van der Waals surface area contributed by atoms with Gasteiger partial charge in [0.1, 0.15) is 10.6 Å². The molecule has 0 amide bonds. The summed E-state index contributed by atoms with van der Waals surface area (Å²) < 4.78 is 5.50. The Morgan fingerprint density at radius 1 is 1.06 bits per heavy atom. The number of rotatable bonds is 7. The summed E-state index contributed by atoms with van der Waals surface area (Å²) >= 11 is 8.00. The van der Waals surface area contributed by atoms with Crippen molar-refractivity contribution in [3.63, 3.8) is 0 Å². The summed E-state index contributed by atoms with van der Waals surface area (Å²) in [4.78, 5) is 16.2. The standard InChI is InChI=1S/C24H30ClN5OS/c25-24-27-22(30-10-12-31-13-11-30)21-14-20(32-23(21)28-24)17-29-8-6-19(7-9-29)16-26-15-18-4-2-1-3-5-18/h1-5,14,19,26H,6-13,15-17H2. The number of nitrogens with zero attached hydrogens (tertiary/aromatic N) is 4. The highest BCUT2D eigenvalue weighted by Gasteiger charge is 2.22. The number of anilines is 1. The number of likely N-dealkylation sites (tertiary alicyclic amines) is 1. The first-order chi connectivity index (χ1) is 15.7. The predicted molar refractivity (Wildman–Crippen MR) is 132 cm³/mol. The van der Waals surface area contributed by atoms with Crippen LogP contribution in [0.25, 0.3) is 10.2 Å². The topological polar surface area (TPSA) is 53.5 Å². The summed E-state index contributed by atoms with van der Waals surface area (Å²) in [5.74, 6) is 1.71. The van der Waals surface area contributed by atoms with Crippen LogP contribution in [0.1, 0.15) is 23.3 Å². The summed E-state index contributed by atoms with van der Waals surface area (Å²) in [7, 11) is 0. The molecule has 0 unspecified atom stereocenters. The van der Waals surface area contributed by atoms with Crippen LogP contribution in [0.2, 0.25) is 5.28 Å². The largest absolute Gasteiger partial charge is 0.378 e. The first-order valence-corrected chi connectivity index (χ1v) is 12.7. The summed E-state index contributed by atoms with van der Waals surface area (Å²) in [5, 5.41) is 5.09. The van der Waals surface area contributed by atoms with Gasteiger partial charge in [-0.05, 0) is 61.6 Å². The number of morpholine rings is 1. The maximum absolute atomic E-state index is 6.25. The Labute approximate surface area is 198 Å². The summed E-state index contributed by atoms with van der Waals surface area (Å²) in [6.07, 6.45) is 2.49. The van der Waals surface area contributed by atoms with E-state index in [1.807, 2.05) is 0 Å². The lowest BCUT2D eigenvalue weighted by atomic mass is 9.96. The molecule has 170 valence electrons. The molecule has 0 aliphatic carbocycles. The molecule has 0 atom stereocenters. The van der Waals surface area contributed by atoms with E-state index in [2.05, 4.69) is 61.5 Å². The smallest absolute Gasteiger partial charge is 0.225 e. The van der Waals surface area contributed by atoms with Crippen LogP contribution < -0.4 is 10.2 Å². The molecule has 1 aromatic carbocycles. The van der Waals surface area contributed by atoms with Crippen molar-refractivity contribution in [2.45, 2.75) is 25.9 Å². The number of piperidine rings is 1. The highest BCUT2D eigenvalue weighted by molar-refractivity contribution is 7.18. The van der Waals surface area contributed by atoms with Crippen molar-refractivity contribution in [1.29, 1.82) is 0 Å². The van der Waals surface area contributed by atoms with E-state index in [9.17, 15) is 0 Å². The van der Waals surface area contributed by atoms with Crippen LogP contribution in [0.3, 0.4) is 0 Å². The fourth-order valence-electron chi connectivity index (χ4n) is 4.61. The molecule has 1 N–H and O–H groups in total. The molecule has 2 saturated heterocycles. The van der Waals surface area contributed by atoms with Crippen molar-refractivity contribution in [3.8, 4) is 0 Å². The van der Waals surface area contributed by atoms with Crippen molar-refractivity contribution in [1.82, 2.24) is 20.2 Å². The lowest BCUT2D eigenvalue weighted by Crippen LogP contribution is -2.37.